The maximum Gasteiger partial charge on any atom is 0.251 e. The number of aromatic nitrogens is 3. The Bertz CT molecular complexity index is 1510. The van der Waals surface area contributed by atoms with Crippen LogP contribution in [0.4, 0.5) is 0 Å². The van der Waals surface area contributed by atoms with E-state index in [-0.39, 0.29) is 12.5 Å². The van der Waals surface area contributed by atoms with E-state index in [1.54, 1.807) is 18.2 Å². The van der Waals surface area contributed by atoms with Gasteiger partial charge in [-0.3, -0.25) is 9.36 Å². The van der Waals surface area contributed by atoms with Crippen LogP contribution in [0.25, 0.3) is 16.8 Å². The molecule has 37 heavy (non-hydrogen) atoms. The summed E-state index contributed by atoms with van der Waals surface area (Å²) in [7, 11) is 0. The van der Waals surface area contributed by atoms with Gasteiger partial charge in [0.1, 0.15) is 0 Å². The van der Waals surface area contributed by atoms with Gasteiger partial charge >= 0.3 is 0 Å². The molecule has 1 N–H and O–H groups in total. The van der Waals surface area contributed by atoms with Crippen molar-refractivity contribution >= 4 is 40.9 Å². The molecule has 0 unspecified atom stereocenters. The van der Waals surface area contributed by atoms with E-state index in [2.05, 4.69) is 27.6 Å². The first-order chi connectivity index (χ1) is 18.1. The Morgan fingerprint density at radius 3 is 2.22 bits per heavy atom. The van der Waals surface area contributed by atoms with Crippen LogP contribution in [0.2, 0.25) is 10.0 Å². The van der Waals surface area contributed by atoms with E-state index in [0.29, 0.717) is 38.0 Å². The summed E-state index contributed by atoms with van der Waals surface area (Å²) in [6.07, 6.45) is 0. The first-order valence-electron chi connectivity index (χ1n) is 11.6. The molecule has 0 saturated carbocycles. The lowest BCUT2D eigenvalue weighted by molar-refractivity contribution is 0.0949. The lowest BCUT2D eigenvalue weighted by atomic mass is 10.0. The second-order valence-electron chi connectivity index (χ2n) is 8.23. The average Bonchev–Trinajstić information content (AvgIpc) is 3.35. The minimum absolute atomic E-state index is 0.168. The number of nitrogens with one attached hydrogen (secondary N) is 1. The molecular formula is C29H22Cl2N4OS. The van der Waals surface area contributed by atoms with E-state index in [0.717, 1.165) is 16.7 Å². The summed E-state index contributed by atoms with van der Waals surface area (Å²) in [5, 5.41) is 13.4. The predicted octanol–water partition coefficient (Wildman–Crippen LogP) is 7.46. The third kappa shape index (κ3) is 6.05. The zero-order valence-corrected chi connectivity index (χ0v) is 22.0. The second-order valence-corrected chi connectivity index (χ2v) is 10.0. The van der Waals surface area contributed by atoms with E-state index in [4.69, 9.17) is 23.2 Å². The van der Waals surface area contributed by atoms with E-state index in [1.165, 1.54) is 11.8 Å². The number of rotatable bonds is 8. The van der Waals surface area contributed by atoms with Crippen molar-refractivity contribution in [3.05, 3.63) is 130 Å². The normalized spacial score (nSPS) is 10.9. The van der Waals surface area contributed by atoms with Crippen LogP contribution in [-0.2, 0) is 12.3 Å². The molecular weight excluding hydrogens is 523 g/mol. The van der Waals surface area contributed by atoms with Crippen molar-refractivity contribution < 1.29 is 4.79 Å². The average molecular weight is 545 g/mol. The fourth-order valence-electron chi connectivity index (χ4n) is 3.84. The predicted molar refractivity (Wildman–Crippen MR) is 150 cm³/mol. The summed E-state index contributed by atoms with van der Waals surface area (Å²) < 4.78 is 1.85. The fourth-order valence-corrected chi connectivity index (χ4v) is 5.12. The van der Waals surface area contributed by atoms with Crippen LogP contribution in [0.15, 0.2) is 108 Å². The number of halogens is 2. The topological polar surface area (TPSA) is 59.8 Å². The number of benzene rings is 4. The van der Waals surface area contributed by atoms with E-state index in [1.807, 2.05) is 77.4 Å². The first kappa shape index (κ1) is 25.1. The molecule has 0 aliphatic carbocycles. The van der Waals surface area contributed by atoms with Crippen molar-refractivity contribution in [3.8, 4) is 16.8 Å². The smallest absolute Gasteiger partial charge is 0.251 e. The Morgan fingerprint density at radius 1 is 0.811 bits per heavy atom. The highest BCUT2D eigenvalue weighted by Crippen LogP contribution is 2.31. The second kappa shape index (κ2) is 11.6. The van der Waals surface area contributed by atoms with Gasteiger partial charge in [-0.05, 0) is 47.0 Å². The van der Waals surface area contributed by atoms with Gasteiger partial charge < -0.3 is 5.32 Å². The number of hydrogen-bond donors (Lipinski definition) is 1. The highest BCUT2D eigenvalue weighted by molar-refractivity contribution is 7.98. The molecule has 0 aliphatic rings. The summed E-state index contributed by atoms with van der Waals surface area (Å²) in [5.41, 5.74) is 4.53. The molecule has 5 nitrogen and oxygen atoms in total. The number of thioether (sulfide) groups is 1. The summed E-state index contributed by atoms with van der Waals surface area (Å²) in [5.74, 6) is 1.05. The summed E-state index contributed by atoms with van der Waals surface area (Å²) >= 11 is 14.4. The van der Waals surface area contributed by atoms with E-state index >= 15 is 0 Å². The van der Waals surface area contributed by atoms with Gasteiger partial charge in [0, 0.05) is 16.3 Å². The SMILES string of the molecule is O=C(NCc1nnc(SCc2ccccc2)n1-c1cc(Cl)ccc1Cl)c1ccc(-c2ccccc2)cc1. The van der Waals surface area contributed by atoms with E-state index < -0.39 is 0 Å². The molecule has 184 valence electrons. The Balaban J connectivity index is 1.36. The third-order valence-electron chi connectivity index (χ3n) is 5.72. The highest BCUT2D eigenvalue weighted by atomic mass is 35.5. The van der Waals surface area contributed by atoms with Crippen molar-refractivity contribution in [2.45, 2.75) is 17.5 Å². The largest absolute Gasteiger partial charge is 0.345 e. The lowest BCUT2D eigenvalue weighted by Crippen LogP contribution is -2.24. The van der Waals surface area contributed by atoms with Gasteiger partial charge in [0.2, 0.25) is 0 Å². The number of carbonyl (C=O) groups is 1. The first-order valence-corrected chi connectivity index (χ1v) is 13.3. The van der Waals surface area contributed by atoms with Gasteiger partial charge in [-0.15, -0.1) is 10.2 Å². The molecule has 0 saturated heterocycles. The van der Waals surface area contributed by atoms with Crippen molar-refractivity contribution in [1.29, 1.82) is 0 Å². The molecule has 0 aliphatic heterocycles. The maximum absolute atomic E-state index is 12.9. The van der Waals surface area contributed by atoms with Crippen molar-refractivity contribution in [2.24, 2.45) is 0 Å². The number of amides is 1. The molecule has 4 aromatic carbocycles. The Labute approximate surface area is 229 Å². The number of nitrogens with zero attached hydrogens (tertiary/aromatic N) is 3. The molecule has 0 bridgehead atoms. The van der Waals surface area contributed by atoms with Gasteiger partial charge in [0.05, 0.1) is 17.3 Å². The molecule has 0 radical (unpaired) electrons. The van der Waals surface area contributed by atoms with Crippen LogP contribution >= 0.6 is 35.0 Å². The molecule has 1 aromatic heterocycles. The van der Waals surface area contributed by atoms with Gasteiger partial charge in [-0.1, -0.05) is 108 Å². The monoisotopic (exact) mass is 544 g/mol. The Morgan fingerprint density at radius 2 is 1.49 bits per heavy atom. The van der Waals surface area contributed by atoms with Crippen LogP contribution in [0.1, 0.15) is 21.7 Å². The van der Waals surface area contributed by atoms with Crippen LogP contribution < -0.4 is 5.32 Å². The summed E-state index contributed by atoms with van der Waals surface area (Å²) in [6.45, 7) is 0.168. The molecule has 0 atom stereocenters. The standard InChI is InChI=1S/C29H22Cl2N4OS/c30-24-15-16-25(31)26(17-24)35-27(33-34-29(35)37-19-20-7-3-1-4-8-20)18-32-28(36)23-13-11-22(12-14-23)21-9-5-2-6-10-21/h1-17H,18-19H2,(H,32,36). The molecule has 5 rings (SSSR count). The molecule has 0 spiro atoms. The number of carbonyl (C=O) groups excluding carboxylic acids is 1. The van der Waals surface area contributed by atoms with Crippen molar-refractivity contribution in [1.82, 2.24) is 20.1 Å². The Hall–Kier alpha value is -3.58. The zero-order valence-electron chi connectivity index (χ0n) is 19.6. The molecule has 5 aromatic rings. The highest BCUT2D eigenvalue weighted by Gasteiger charge is 2.18. The third-order valence-corrected chi connectivity index (χ3v) is 7.28. The van der Waals surface area contributed by atoms with Gasteiger partial charge in [-0.2, -0.15) is 0 Å². The van der Waals surface area contributed by atoms with Crippen molar-refractivity contribution in [2.75, 3.05) is 0 Å². The Kier molecular flexibility index (Phi) is 7.90. The lowest BCUT2D eigenvalue weighted by Gasteiger charge is -2.13. The van der Waals surface area contributed by atoms with Crippen molar-refractivity contribution in [3.63, 3.8) is 0 Å². The minimum Gasteiger partial charge on any atom is -0.345 e. The van der Waals surface area contributed by atoms with Crippen LogP contribution in [0.3, 0.4) is 0 Å². The van der Waals surface area contributed by atoms with Gasteiger partial charge in [0.25, 0.3) is 5.91 Å². The van der Waals surface area contributed by atoms with E-state index in [9.17, 15) is 4.79 Å². The number of hydrogen-bond acceptors (Lipinski definition) is 4. The molecule has 0 fully saturated rings. The quantitative estimate of drug-likeness (QED) is 0.206. The van der Waals surface area contributed by atoms with Crippen LogP contribution in [0, 0.1) is 0 Å². The zero-order chi connectivity index (χ0) is 25.6. The molecule has 8 heteroatoms. The summed E-state index contributed by atoms with van der Waals surface area (Å²) in [4.78, 5) is 12.9. The fraction of sp³-hybridized carbons (Fsp3) is 0.0690. The van der Waals surface area contributed by atoms with Gasteiger partial charge in [0.15, 0.2) is 11.0 Å². The summed E-state index contributed by atoms with van der Waals surface area (Å²) in [6, 6.07) is 32.9. The van der Waals surface area contributed by atoms with Crippen LogP contribution in [0.5, 0.6) is 0 Å². The van der Waals surface area contributed by atoms with Crippen LogP contribution in [-0.4, -0.2) is 20.7 Å². The maximum atomic E-state index is 12.9. The molecule has 1 amide bonds. The minimum atomic E-state index is -0.204. The molecule has 1 heterocycles. The van der Waals surface area contributed by atoms with Gasteiger partial charge in [-0.25, -0.2) is 0 Å².